The number of ether oxygens (including phenoxy) is 1. The van der Waals surface area contributed by atoms with Crippen LogP contribution in [0.3, 0.4) is 0 Å². The average Bonchev–Trinajstić information content (AvgIpc) is 2.82. The van der Waals surface area contributed by atoms with Crippen LogP contribution < -0.4 is 5.59 Å². The number of hydrogen-bond donors (Lipinski definition) is 0. The van der Waals surface area contributed by atoms with Crippen LogP contribution in [0.5, 0.6) is 0 Å². The molecule has 1 aromatic heterocycles. The lowest BCUT2D eigenvalue weighted by Gasteiger charge is -2.32. The third-order valence-corrected chi connectivity index (χ3v) is 6.34. The topological polar surface area (TPSA) is 45.5 Å². The Labute approximate surface area is 141 Å². The van der Waals surface area contributed by atoms with Gasteiger partial charge in [-0.2, -0.15) is 5.10 Å². The largest absolute Gasteiger partial charge is 0.514 e. The van der Waals surface area contributed by atoms with E-state index in [1.807, 2.05) is 17.7 Å². The average molecular weight is 338 g/mol. The van der Waals surface area contributed by atoms with Gasteiger partial charge >= 0.3 is 7.12 Å². The molecule has 0 saturated carbocycles. The predicted molar refractivity (Wildman–Crippen MR) is 96.8 cm³/mol. The quantitative estimate of drug-likeness (QED) is 0.591. The molecule has 1 saturated heterocycles. The standard InChI is InChI=1S/C16H31BN2O3Si/c1-13-11-14(17-21-15(2,3)16(4,5)22-17)19(18-13)12-20-9-10-23(6,7)8/h11H,9-10,12H2,1-8H3. The molecule has 0 bridgehead atoms. The molecule has 1 aliphatic heterocycles. The van der Waals surface area contributed by atoms with Crippen LogP contribution in [0.4, 0.5) is 0 Å². The molecule has 0 aliphatic carbocycles. The molecule has 1 fully saturated rings. The van der Waals surface area contributed by atoms with Gasteiger partial charge in [0.2, 0.25) is 0 Å². The van der Waals surface area contributed by atoms with Gasteiger partial charge in [0.1, 0.15) is 6.73 Å². The Morgan fingerprint density at radius 3 is 2.26 bits per heavy atom. The molecule has 130 valence electrons. The Kier molecular flexibility index (Phi) is 5.17. The van der Waals surface area contributed by atoms with Crippen molar-refractivity contribution in [3.8, 4) is 0 Å². The Hall–Kier alpha value is -0.628. The van der Waals surface area contributed by atoms with Crippen molar-refractivity contribution in [2.24, 2.45) is 0 Å². The highest BCUT2D eigenvalue weighted by molar-refractivity contribution is 6.76. The molecule has 0 spiro atoms. The van der Waals surface area contributed by atoms with Gasteiger partial charge in [-0.05, 0) is 46.7 Å². The normalized spacial score (nSPS) is 20.3. The minimum atomic E-state index is -1.07. The van der Waals surface area contributed by atoms with E-state index in [2.05, 4.69) is 52.4 Å². The monoisotopic (exact) mass is 338 g/mol. The summed E-state index contributed by atoms with van der Waals surface area (Å²) in [4.78, 5) is 0. The Morgan fingerprint density at radius 2 is 1.74 bits per heavy atom. The second-order valence-electron chi connectivity index (χ2n) is 8.65. The Bertz CT molecular complexity index is 536. The molecule has 0 unspecified atom stereocenters. The summed E-state index contributed by atoms with van der Waals surface area (Å²) in [5, 5.41) is 4.53. The fourth-order valence-electron chi connectivity index (χ4n) is 2.35. The van der Waals surface area contributed by atoms with E-state index < -0.39 is 15.2 Å². The molecule has 7 heteroatoms. The molecule has 1 aliphatic rings. The van der Waals surface area contributed by atoms with E-state index >= 15 is 0 Å². The summed E-state index contributed by atoms with van der Waals surface area (Å²) < 4.78 is 20.0. The van der Waals surface area contributed by atoms with Gasteiger partial charge in [0.05, 0.1) is 22.5 Å². The van der Waals surface area contributed by atoms with Crippen molar-refractivity contribution in [3.05, 3.63) is 11.8 Å². The van der Waals surface area contributed by atoms with E-state index in [9.17, 15) is 0 Å². The molecule has 5 nitrogen and oxygen atoms in total. The first-order chi connectivity index (χ1) is 10.4. The van der Waals surface area contributed by atoms with Crippen molar-refractivity contribution in [1.82, 2.24) is 9.78 Å². The number of nitrogens with zero attached hydrogens (tertiary/aromatic N) is 2. The molecule has 0 atom stereocenters. The van der Waals surface area contributed by atoms with Crippen molar-refractivity contribution in [2.75, 3.05) is 6.61 Å². The van der Waals surface area contributed by atoms with Crippen molar-refractivity contribution < 1.29 is 14.0 Å². The highest BCUT2D eigenvalue weighted by Gasteiger charge is 2.52. The minimum absolute atomic E-state index is 0.348. The molecule has 23 heavy (non-hydrogen) atoms. The lowest BCUT2D eigenvalue weighted by Crippen LogP contribution is -2.41. The van der Waals surface area contributed by atoms with Gasteiger partial charge < -0.3 is 14.0 Å². The van der Waals surface area contributed by atoms with Gasteiger partial charge in [0.25, 0.3) is 0 Å². The van der Waals surface area contributed by atoms with Gasteiger partial charge in [0, 0.05) is 14.7 Å². The maximum Gasteiger partial charge on any atom is 0.514 e. The second kappa shape index (κ2) is 6.35. The first-order valence-corrected chi connectivity index (χ1v) is 12.1. The number of aromatic nitrogens is 2. The lowest BCUT2D eigenvalue weighted by atomic mass is 9.84. The molecule has 0 N–H and O–H groups in total. The highest BCUT2D eigenvalue weighted by Crippen LogP contribution is 2.36. The van der Waals surface area contributed by atoms with Crippen molar-refractivity contribution in [3.63, 3.8) is 0 Å². The smallest absolute Gasteiger partial charge is 0.398 e. The number of aryl methyl sites for hydroxylation is 1. The summed E-state index contributed by atoms with van der Waals surface area (Å²) in [5.41, 5.74) is 1.18. The van der Waals surface area contributed by atoms with Crippen LogP contribution in [0.1, 0.15) is 33.4 Å². The zero-order chi connectivity index (χ0) is 17.5. The molecule has 0 amide bonds. The summed E-state index contributed by atoms with van der Waals surface area (Å²) in [6.45, 7) is 18.5. The molecule has 0 radical (unpaired) electrons. The molecule has 2 heterocycles. The first kappa shape index (κ1) is 18.7. The van der Waals surface area contributed by atoms with Crippen LogP contribution in [0, 0.1) is 6.92 Å². The van der Waals surface area contributed by atoms with Gasteiger partial charge in [-0.15, -0.1) is 0 Å². The van der Waals surface area contributed by atoms with Crippen LogP contribution in [0.25, 0.3) is 0 Å². The third-order valence-electron chi connectivity index (χ3n) is 4.64. The molecular formula is C16H31BN2O3Si. The van der Waals surface area contributed by atoms with Crippen LogP contribution in [-0.2, 0) is 20.8 Å². The van der Waals surface area contributed by atoms with Crippen LogP contribution in [0.15, 0.2) is 6.07 Å². The minimum Gasteiger partial charge on any atom is -0.398 e. The van der Waals surface area contributed by atoms with E-state index in [1.54, 1.807) is 0 Å². The maximum absolute atomic E-state index is 6.13. The molecular weight excluding hydrogens is 307 g/mol. The second-order valence-corrected chi connectivity index (χ2v) is 14.3. The number of rotatable bonds is 6. The van der Waals surface area contributed by atoms with E-state index in [0.717, 1.165) is 23.9 Å². The molecule has 2 rings (SSSR count). The van der Waals surface area contributed by atoms with Gasteiger partial charge in [0.15, 0.2) is 0 Å². The third kappa shape index (κ3) is 4.47. The summed E-state index contributed by atoms with van der Waals surface area (Å²) in [7, 11) is -1.47. The zero-order valence-electron chi connectivity index (χ0n) is 15.9. The lowest BCUT2D eigenvalue weighted by molar-refractivity contribution is 0.00578. The summed E-state index contributed by atoms with van der Waals surface area (Å²) in [6.07, 6.45) is 0. The van der Waals surface area contributed by atoms with Crippen LogP contribution in [0.2, 0.25) is 25.7 Å². The molecule has 1 aromatic rings. The van der Waals surface area contributed by atoms with Crippen molar-refractivity contribution in [1.29, 1.82) is 0 Å². The van der Waals surface area contributed by atoms with Crippen LogP contribution in [-0.4, -0.2) is 42.8 Å². The first-order valence-electron chi connectivity index (χ1n) is 8.39. The number of hydrogen-bond acceptors (Lipinski definition) is 4. The van der Waals surface area contributed by atoms with Crippen LogP contribution >= 0.6 is 0 Å². The predicted octanol–water partition coefficient (Wildman–Crippen LogP) is 2.80. The summed E-state index contributed by atoms with van der Waals surface area (Å²) >= 11 is 0. The highest BCUT2D eigenvalue weighted by atomic mass is 28.3. The van der Waals surface area contributed by atoms with E-state index in [-0.39, 0.29) is 11.2 Å². The van der Waals surface area contributed by atoms with Gasteiger partial charge in [-0.25, -0.2) is 4.68 Å². The van der Waals surface area contributed by atoms with E-state index in [1.165, 1.54) is 0 Å². The van der Waals surface area contributed by atoms with Gasteiger partial charge in [-0.3, -0.25) is 0 Å². The SMILES string of the molecule is Cc1cc(B2OC(C)(C)C(C)(C)O2)n(COCC[Si](C)(C)C)n1. The molecule has 0 aromatic carbocycles. The maximum atomic E-state index is 6.13. The van der Waals surface area contributed by atoms with Crippen molar-refractivity contribution >= 4 is 20.8 Å². The van der Waals surface area contributed by atoms with Gasteiger partial charge in [-0.1, -0.05) is 19.6 Å². The van der Waals surface area contributed by atoms with E-state index in [0.29, 0.717) is 6.73 Å². The van der Waals surface area contributed by atoms with E-state index in [4.69, 9.17) is 14.0 Å². The fraction of sp³-hybridized carbons (Fsp3) is 0.812. The Balaban J connectivity index is 2.04. The van der Waals surface area contributed by atoms with Crippen molar-refractivity contribution in [2.45, 2.75) is 78.2 Å². The Morgan fingerprint density at radius 1 is 1.17 bits per heavy atom. The summed E-state index contributed by atoms with van der Waals surface area (Å²) in [6, 6.07) is 3.17. The fourth-order valence-corrected chi connectivity index (χ4v) is 3.11. The zero-order valence-corrected chi connectivity index (χ0v) is 16.9. The summed E-state index contributed by atoms with van der Waals surface area (Å²) in [5.74, 6) is 0.